The average molecular weight is 241 g/mol. The highest BCUT2D eigenvalue weighted by Gasteiger charge is 2.18. The molecule has 0 aliphatic rings. The van der Waals surface area contributed by atoms with E-state index in [9.17, 15) is 4.79 Å². The van der Waals surface area contributed by atoms with Gasteiger partial charge in [0.25, 0.3) is 0 Å². The second-order valence-electron chi connectivity index (χ2n) is 3.74. The van der Waals surface area contributed by atoms with Gasteiger partial charge in [0.15, 0.2) is 5.78 Å². The van der Waals surface area contributed by atoms with Gasteiger partial charge < -0.3 is 4.74 Å². The number of hydrogen-bond acceptors (Lipinski definition) is 4. The summed E-state index contributed by atoms with van der Waals surface area (Å²) in [6.45, 7) is 8.46. The van der Waals surface area contributed by atoms with Gasteiger partial charge in [-0.05, 0) is 27.2 Å². The van der Waals surface area contributed by atoms with Gasteiger partial charge in [-0.1, -0.05) is 6.92 Å². The summed E-state index contributed by atoms with van der Waals surface area (Å²) in [6.07, 6.45) is 0.864. The summed E-state index contributed by atoms with van der Waals surface area (Å²) in [5.74, 6) is 0.137. The molecule has 1 aromatic rings. The van der Waals surface area contributed by atoms with Crippen molar-refractivity contribution in [3.05, 3.63) is 15.6 Å². The van der Waals surface area contributed by atoms with E-state index in [1.165, 1.54) is 4.88 Å². The van der Waals surface area contributed by atoms with Crippen LogP contribution >= 0.6 is 11.3 Å². The number of nitrogens with zero attached hydrogens (tertiary/aromatic N) is 1. The molecular weight excluding hydrogens is 222 g/mol. The van der Waals surface area contributed by atoms with Crippen LogP contribution in [0.2, 0.25) is 0 Å². The first-order valence-corrected chi connectivity index (χ1v) is 6.47. The Morgan fingerprint density at radius 3 is 2.56 bits per heavy atom. The third-order valence-electron chi connectivity index (χ3n) is 2.50. The predicted octanol–water partition coefficient (Wildman–Crippen LogP) is 2.69. The number of carbonyl (C=O) groups is 1. The molecule has 0 N–H and O–H groups in total. The lowest BCUT2D eigenvalue weighted by Gasteiger charge is -2.12. The molecule has 0 bridgehead atoms. The Labute approximate surface area is 101 Å². The molecule has 1 heterocycles. The summed E-state index contributed by atoms with van der Waals surface area (Å²) in [7, 11) is 0. The third kappa shape index (κ3) is 3.39. The van der Waals surface area contributed by atoms with Crippen LogP contribution in [-0.2, 0) is 16.0 Å². The molecule has 0 amide bonds. The maximum Gasteiger partial charge on any atom is 0.168 e. The Balaban J connectivity index is 2.62. The SMILES string of the molecule is CCOC(CC)C(=O)Cc1nc(C)c(C)s1. The van der Waals surface area contributed by atoms with Gasteiger partial charge in [-0.25, -0.2) is 4.98 Å². The minimum Gasteiger partial charge on any atom is -0.371 e. The number of carbonyl (C=O) groups excluding carboxylic acids is 1. The van der Waals surface area contributed by atoms with Crippen LogP contribution in [-0.4, -0.2) is 23.5 Å². The van der Waals surface area contributed by atoms with E-state index < -0.39 is 0 Å². The number of ketones is 1. The summed E-state index contributed by atoms with van der Waals surface area (Å²) in [5, 5.41) is 0.901. The molecule has 0 saturated heterocycles. The van der Waals surface area contributed by atoms with Crippen molar-refractivity contribution in [3.63, 3.8) is 0 Å². The second-order valence-corrected chi connectivity index (χ2v) is 5.03. The van der Waals surface area contributed by atoms with Gasteiger partial charge in [-0.3, -0.25) is 4.79 Å². The zero-order chi connectivity index (χ0) is 12.1. The number of hydrogen-bond donors (Lipinski definition) is 0. The molecule has 1 unspecified atom stereocenters. The van der Waals surface area contributed by atoms with Crippen LogP contribution in [0.1, 0.15) is 35.8 Å². The first-order chi connectivity index (χ1) is 7.58. The van der Waals surface area contributed by atoms with E-state index in [2.05, 4.69) is 4.98 Å². The van der Waals surface area contributed by atoms with E-state index in [0.29, 0.717) is 13.0 Å². The van der Waals surface area contributed by atoms with E-state index in [4.69, 9.17) is 4.74 Å². The number of thiazole rings is 1. The van der Waals surface area contributed by atoms with Crippen molar-refractivity contribution in [2.24, 2.45) is 0 Å². The average Bonchev–Trinajstić information content (AvgIpc) is 2.54. The van der Waals surface area contributed by atoms with E-state index >= 15 is 0 Å². The summed E-state index contributed by atoms with van der Waals surface area (Å²) in [5.41, 5.74) is 1.03. The normalized spacial score (nSPS) is 12.8. The topological polar surface area (TPSA) is 39.2 Å². The first-order valence-electron chi connectivity index (χ1n) is 5.65. The molecule has 0 radical (unpaired) electrons. The van der Waals surface area contributed by atoms with Crippen molar-refractivity contribution in [1.82, 2.24) is 4.98 Å². The number of rotatable bonds is 6. The highest BCUT2D eigenvalue weighted by atomic mass is 32.1. The molecule has 1 rings (SSSR count). The molecular formula is C12H19NO2S. The van der Waals surface area contributed by atoms with Crippen LogP contribution in [0.25, 0.3) is 0 Å². The summed E-state index contributed by atoms with van der Waals surface area (Å²) < 4.78 is 5.39. The summed E-state index contributed by atoms with van der Waals surface area (Å²) in [6, 6.07) is 0. The fraction of sp³-hybridized carbons (Fsp3) is 0.667. The molecule has 0 fully saturated rings. The van der Waals surface area contributed by atoms with Gasteiger partial charge in [0.1, 0.15) is 11.1 Å². The molecule has 0 saturated carbocycles. The van der Waals surface area contributed by atoms with E-state index in [1.54, 1.807) is 11.3 Å². The van der Waals surface area contributed by atoms with Crippen molar-refractivity contribution < 1.29 is 9.53 Å². The number of aryl methyl sites for hydroxylation is 2. The Morgan fingerprint density at radius 2 is 2.12 bits per heavy atom. The van der Waals surface area contributed by atoms with Crippen molar-refractivity contribution in [1.29, 1.82) is 0 Å². The van der Waals surface area contributed by atoms with Crippen LogP contribution in [0, 0.1) is 13.8 Å². The standard InChI is InChI=1S/C12H19NO2S/c1-5-11(15-6-2)10(14)7-12-13-8(3)9(4)16-12/h11H,5-7H2,1-4H3. The lowest BCUT2D eigenvalue weighted by atomic mass is 10.1. The number of ether oxygens (including phenoxy) is 1. The molecule has 90 valence electrons. The minimum absolute atomic E-state index is 0.137. The zero-order valence-electron chi connectivity index (χ0n) is 10.4. The van der Waals surface area contributed by atoms with Crippen molar-refractivity contribution in [2.45, 2.75) is 46.6 Å². The van der Waals surface area contributed by atoms with Crippen LogP contribution in [0.4, 0.5) is 0 Å². The van der Waals surface area contributed by atoms with E-state index in [1.807, 2.05) is 27.7 Å². The monoisotopic (exact) mass is 241 g/mol. The van der Waals surface area contributed by atoms with Crippen LogP contribution in [0.3, 0.4) is 0 Å². The van der Waals surface area contributed by atoms with Gasteiger partial charge in [0.2, 0.25) is 0 Å². The lowest BCUT2D eigenvalue weighted by Crippen LogP contribution is -2.25. The van der Waals surface area contributed by atoms with Gasteiger partial charge in [-0.2, -0.15) is 0 Å². The molecule has 0 aliphatic carbocycles. The number of aromatic nitrogens is 1. The fourth-order valence-corrected chi connectivity index (χ4v) is 2.46. The molecule has 1 atom stereocenters. The zero-order valence-corrected chi connectivity index (χ0v) is 11.2. The molecule has 1 aromatic heterocycles. The molecule has 16 heavy (non-hydrogen) atoms. The molecule has 4 heteroatoms. The predicted molar refractivity (Wildman–Crippen MR) is 66.0 cm³/mol. The van der Waals surface area contributed by atoms with Gasteiger partial charge in [0.05, 0.1) is 12.1 Å². The Kier molecular flexibility index (Phi) is 5.09. The van der Waals surface area contributed by atoms with Crippen LogP contribution in [0.5, 0.6) is 0 Å². The lowest BCUT2D eigenvalue weighted by molar-refractivity contribution is -0.129. The van der Waals surface area contributed by atoms with Crippen molar-refractivity contribution in [3.8, 4) is 0 Å². The Morgan fingerprint density at radius 1 is 1.44 bits per heavy atom. The largest absolute Gasteiger partial charge is 0.371 e. The number of Topliss-reactive ketones (excluding diaryl/α,β-unsaturated/α-hetero) is 1. The van der Waals surface area contributed by atoms with E-state index in [0.717, 1.165) is 17.1 Å². The third-order valence-corrected chi connectivity index (χ3v) is 3.57. The molecule has 3 nitrogen and oxygen atoms in total. The maximum absolute atomic E-state index is 11.9. The Hall–Kier alpha value is -0.740. The summed E-state index contributed by atoms with van der Waals surface area (Å²) in [4.78, 5) is 17.5. The Bertz CT molecular complexity index is 340. The molecule has 0 aliphatic heterocycles. The second kappa shape index (κ2) is 6.11. The highest BCUT2D eigenvalue weighted by Crippen LogP contribution is 2.18. The minimum atomic E-state index is -0.269. The maximum atomic E-state index is 11.9. The summed E-state index contributed by atoms with van der Waals surface area (Å²) >= 11 is 1.60. The van der Waals surface area contributed by atoms with Crippen LogP contribution in [0.15, 0.2) is 0 Å². The van der Waals surface area contributed by atoms with Crippen molar-refractivity contribution in [2.75, 3.05) is 6.61 Å². The molecule has 0 spiro atoms. The first kappa shape index (κ1) is 13.3. The van der Waals surface area contributed by atoms with Crippen LogP contribution < -0.4 is 0 Å². The van der Waals surface area contributed by atoms with Crippen molar-refractivity contribution >= 4 is 17.1 Å². The quantitative estimate of drug-likeness (QED) is 0.768. The molecule has 0 aromatic carbocycles. The van der Waals surface area contributed by atoms with Gasteiger partial charge in [-0.15, -0.1) is 11.3 Å². The van der Waals surface area contributed by atoms with Gasteiger partial charge in [0, 0.05) is 11.5 Å². The highest BCUT2D eigenvalue weighted by molar-refractivity contribution is 7.11. The fourth-order valence-electron chi connectivity index (χ4n) is 1.52. The van der Waals surface area contributed by atoms with E-state index in [-0.39, 0.29) is 11.9 Å². The van der Waals surface area contributed by atoms with Gasteiger partial charge >= 0.3 is 0 Å². The smallest absolute Gasteiger partial charge is 0.168 e.